The SMILES string of the molecule is Cc1cc(N2CCN(c3ccccn3)CC2)n2ncc(-c3ccc(Cl)cc3)c2n1. The van der Waals surface area contributed by atoms with Gasteiger partial charge in [0.05, 0.1) is 6.20 Å². The molecule has 0 spiro atoms. The van der Waals surface area contributed by atoms with Crippen molar-refractivity contribution in [2.24, 2.45) is 0 Å². The first-order chi connectivity index (χ1) is 14.2. The maximum atomic E-state index is 6.05. The fourth-order valence-electron chi connectivity index (χ4n) is 3.83. The molecule has 7 heteroatoms. The number of benzene rings is 1. The lowest BCUT2D eigenvalue weighted by Crippen LogP contribution is -2.47. The van der Waals surface area contributed by atoms with Crippen LogP contribution in [0.15, 0.2) is 60.9 Å². The summed E-state index contributed by atoms with van der Waals surface area (Å²) >= 11 is 6.05. The number of nitrogens with zero attached hydrogens (tertiary/aromatic N) is 6. The highest BCUT2D eigenvalue weighted by atomic mass is 35.5. The number of pyridine rings is 1. The maximum absolute atomic E-state index is 6.05. The van der Waals surface area contributed by atoms with E-state index < -0.39 is 0 Å². The molecule has 0 unspecified atom stereocenters. The van der Waals surface area contributed by atoms with Crippen molar-refractivity contribution in [1.29, 1.82) is 0 Å². The Kier molecular flexibility index (Phi) is 4.56. The number of hydrogen-bond acceptors (Lipinski definition) is 5. The Bertz CT molecular complexity index is 1130. The largest absolute Gasteiger partial charge is 0.353 e. The third kappa shape index (κ3) is 3.40. The average molecular weight is 405 g/mol. The van der Waals surface area contributed by atoms with Crippen LogP contribution in [-0.2, 0) is 0 Å². The van der Waals surface area contributed by atoms with E-state index in [4.69, 9.17) is 16.6 Å². The topological polar surface area (TPSA) is 49.6 Å². The zero-order chi connectivity index (χ0) is 19.8. The van der Waals surface area contributed by atoms with Gasteiger partial charge in [-0.25, -0.2) is 9.97 Å². The minimum Gasteiger partial charge on any atom is -0.353 e. The smallest absolute Gasteiger partial charge is 0.165 e. The molecule has 1 aliphatic heterocycles. The first-order valence-corrected chi connectivity index (χ1v) is 10.1. The zero-order valence-electron chi connectivity index (χ0n) is 16.2. The van der Waals surface area contributed by atoms with Crippen LogP contribution in [0.2, 0.25) is 5.02 Å². The molecule has 1 saturated heterocycles. The molecule has 5 rings (SSSR count). The molecular formula is C22H21ClN6. The average Bonchev–Trinajstić information content (AvgIpc) is 3.18. The molecule has 1 fully saturated rings. The van der Waals surface area contributed by atoms with Gasteiger partial charge in [-0.1, -0.05) is 29.8 Å². The Morgan fingerprint density at radius 1 is 0.931 bits per heavy atom. The van der Waals surface area contributed by atoms with Gasteiger partial charge in [-0.3, -0.25) is 0 Å². The molecule has 0 N–H and O–H groups in total. The van der Waals surface area contributed by atoms with Crippen molar-refractivity contribution in [3.8, 4) is 11.1 Å². The van der Waals surface area contributed by atoms with Gasteiger partial charge in [-0.2, -0.15) is 9.61 Å². The van der Waals surface area contributed by atoms with E-state index in [0.717, 1.165) is 65.3 Å². The fourth-order valence-corrected chi connectivity index (χ4v) is 3.95. The lowest BCUT2D eigenvalue weighted by Gasteiger charge is -2.36. The van der Waals surface area contributed by atoms with Crippen LogP contribution < -0.4 is 9.80 Å². The second-order valence-corrected chi connectivity index (χ2v) is 7.65. The standard InChI is InChI=1S/C22H21ClN6/c1-16-14-21(28-12-10-27(11-13-28)20-4-2-3-9-24-20)29-22(26-16)19(15-25-29)17-5-7-18(23)8-6-17/h2-9,14-15H,10-13H2,1H3. The van der Waals surface area contributed by atoms with Crippen molar-refractivity contribution in [3.05, 3.63) is 71.6 Å². The highest BCUT2D eigenvalue weighted by molar-refractivity contribution is 6.30. The predicted octanol–water partition coefficient (Wildman–Crippen LogP) is 4.08. The molecule has 4 aromatic rings. The minimum atomic E-state index is 0.723. The molecule has 0 atom stereocenters. The van der Waals surface area contributed by atoms with Crippen molar-refractivity contribution in [1.82, 2.24) is 19.6 Å². The monoisotopic (exact) mass is 404 g/mol. The van der Waals surface area contributed by atoms with E-state index in [1.165, 1.54) is 0 Å². The van der Waals surface area contributed by atoms with Gasteiger partial charge in [0.25, 0.3) is 0 Å². The Hall–Kier alpha value is -3.12. The number of fused-ring (bicyclic) bond motifs is 1. The summed E-state index contributed by atoms with van der Waals surface area (Å²) in [5, 5.41) is 5.39. The van der Waals surface area contributed by atoms with E-state index in [1.54, 1.807) is 0 Å². The molecule has 6 nitrogen and oxygen atoms in total. The summed E-state index contributed by atoms with van der Waals surface area (Å²) in [6.07, 6.45) is 3.73. The van der Waals surface area contributed by atoms with E-state index >= 15 is 0 Å². The van der Waals surface area contributed by atoms with Crippen molar-refractivity contribution in [3.63, 3.8) is 0 Å². The number of anilines is 2. The van der Waals surface area contributed by atoms with E-state index in [-0.39, 0.29) is 0 Å². The molecule has 0 aliphatic carbocycles. The maximum Gasteiger partial charge on any atom is 0.165 e. The molecule has 1 aliphatic rings. The summed E-state index contributed by atoms with van der Waals surface area (Å²) in [5.74, 6) is 2.11. The quantitative estimate of drug-likeness (QED) is 0.515. The van der Waals surface area contributed by atoms with Crippen LogP contribution in [0, 0.1) is 6.92 Å². The van der Waals surface area contributed by atoms with Crippen molar-refractivity contribution >= 4 is 28.9 Å². The van der Waals surface area contributed by atoms with E-state index in [9.17, 15) is 0 Å². The summed E-state index contributed by atoms with van der Waals surface area (Å²) < 4.78 is 1.95. The first-order valence-electron chi connectivity index (χ1n) is 9.71. The van der Waals surface area contributed by atoms with Crippen molar-refractivity contribution in [2.75, 3.05) is 36.0 Å². The highest BCUT2D eigenvalue weighted by Crippen LogP contribution is 2.28. The Labute approximate surface area is 174 Å². The first kappa shape index (κ1) is 17.9. The summed E-state index contributed by atoms with van der Waals surface area (Å²) in [5.41, 5.74) is 3.93. The molecule has 4 heterocycles. The number of aromatic nitrogens is 4. The van der Waals surface area contributed by atoms with Crippen LogP contribution in [0.25, 0.3) is 16.8 Å². The lowest BCUT2D eigenvalue weighted by atomic mass is 10.1. The normalized spacial score (nSPS) is 14.6. The van der Waals surface area contributed by atoms with Gasteiger partial charge in [0.2, 0.25) is 0 Å². The van der Waals surface area contributed by atoms with Gasteiger partial charge in [0, 0.05) is 54.7 Å². The molecule has 0 amide bonds. The van der Waals surface area contributed by atoms with Crippen molar-refractivity contribution < 1.29 is 0 Å². The zero-order valence-corrected chi connectivity index (χ0v) is 16.9. The molecule has 0 bridgehead atoms. The number of rotatable bonds is 3. The van der Waals surface area contributed by atoms with Crippen LogP contribution in [-0.4, -0.2) is 45.8 Å². The molecule has 0 saturated carbocycles. The van der Waals surface area contributed by atoms with E-state index in [2.05, 4.69) is 32.0 Å². The number of aryl methyl sites for hydroxylation is 1. The summed E-state index contributed by atoms with van der Waals surface area (Å²) in [7, 11) is 0. The van der Waals surface area contributed by atoms with Crippen LogP contribution in [0.3, 0.4) is 0 Å². The van der Waals surface area contributed by atoms with Crippen LogP contribution >= 0.6 is 11.6 Å². The summed E-state index contributed by atoms with van der Waals surface area (Å²) in [6.45, 7) is 5.69. The fraction of sp³-hybridized carbons (Fsp3) is 0.227. The van der Waals surface area contributed by atoms with Gasteiger partial charge in [0.15, 0.2) is 5.65 Å². The van der Waals surface area contributed by atoms with E-state index in [0.29, 0.717) is 0 Å². The summed E-state index contributed by atoms with van der Waals surface area (Å²) in [6, 6.07) is 16.0. The highest BCUT2D eigenvalue weighted by Gasteiger charge is 2.22. The van der Waals surface area contributed by atoms with Gasteiger partial charge in [0.1, 0.15) is 11.6 Å². The summed E-state index contributed by atoms with van der Waals surface area (Å²) in [4.78, 5) is 13.9. The Morgan fingerprint density at radius 2 is 1.69 bits per heavy atom. The third-order valence-electron chi connectivity index (χ3n) is 5.31. The minimum absolute atomic E-state index is 0.723. The van der Waals surface area contributed by atoms with Crippen LogP contribution in [0.1, 0.15) is 5.69 Å². The molecule has 146 valence electrons. The molecule has 1 aromatic carbocycles. The third-order valence-corrected chi connectivity index (χ3v) is 5.57. The molecule has 0 radical (unpaired) electrons. The molecular weight excluding hydrogens is 384 g/mol. The van der Waals surface area contributed by atoms with Crippen LogP contribution in [0.4, 0.5) is 11.6 Å². The Balaban J connectivity index is 1.46. The van der Waals surface area contributed by atoms with Crippen molar-refractivity contribution in [2.45, 2.75) is 6.92 Å². The molecule has 29 heavy (non-hydrogen) atoms. The second kappa shape index (κ2) is 7.37. The molecule has 3 aromatic heterocycles. The number of piperazine rings is 1. The number of hydrogen-bond donors (Lipinski definition) is 0. The predicted molar refractivity (Wildman–Crippen MR) is 117 cm³/mol. The second-order valence-electron chi connectivity index (χ2n) is 7.22. The van der Waals surface area contributed by atoms with Gasteiger partial charge >= 0.3 is 0 Å². The van der Waals surface area contributed by atoms with Crippen LogP contribution in [0.5, 0.6) is 0 Å². The van der Waals surface area contributed by atoms with E-state index in [1.807, 2.05) is 60.2 Å². The van der Waals surface area contributed by atoms with Gasteiger partial charge in [-0.15, -0.1) is 0 Å². The van der Waals surface area contributed by atoms with Gasteiger partial charge < -0.3 is 9.80 Å². The lowest BCUT2D eigenvalue weighted by molar-refractivity contribution is 0.633. The number of halogens is 1. The van der Waals surface area contributed by atoms with Gasteiger partial charge in [-0.05, 0) is 36.8 Å². The Morgan fingerprint density at radius 3 is 2.41 bits per heavy atom.